The van der Waals surface area contributed by atoms with Gasteiger partial charge in [0, 0.05) is 5.33 Å². The van der Waals surface area contributed by atoms with Gasteiger partial charge in [-0.3, -0.25) is 0 Å². The Morgan fingerprint density at radius 2 is 2.25 bits per heavy atom. The van der Waals surface area contributed by atoms with Crippen LogP contribution in [0, 0.1) is 0 Å². The molecule has 0 saturated heterocycles. The van der Waals surface area contributed by atoms with Crippen molar-refractivity contribution in [1.29, 1.82) is 0 Å². The van der Waals surface area contributed by atoms with Crippen molar-refractivity contribution in [2.24, 2.45) is 0 Å². The van der Waals surface area contributed by atoms with E-state index in [1.165, 1.54) is 0 Å². The topological polar surface area (TPSA) is 0 Å². The van der Waals surface area contributed by atoms with E-state index in [4.69, 9.17) is 0 Å². The number of hydrogen-bond donors (Lipinski definition) is 0. The van der Waals surface area contributed by atoms with Gasteiger partial charge in [-0.2, -0.15) is 0 Å². The van der Waals surface area contributed by atoms with E-state index in [0.717, 1.165) is 15.4 Å². The molecule has 0 N–H and O–H groups in total. The first-order valence-corrected chi connectivity index (χ1v) is 4.16. The van der Waals surface area contributed by atoms with E-state index in [0.29, 0.717) is 0 Å². The number of alkyl halides is 1. The molecule has 0 atom stereocenters. The van der Waals surface area contributed by atoms with Gasteiger partial charge in [0.25, 0.3) is 0 Å². The molecule has 0 rings (SSSR count). The van der Waals surface area contributed by atoms with Crippen LogP contribution in [0.2, 0.25) is 0 Å². The largest absolute Gasteiger partial charge is 0.0950 e. The van der Waals surface area contributed by atoms with Gasteiger partial charge in [-0.1, -0.05) is 38.4 Å². The fourth-order valence-electron chi connectivity index (χ4n) is 0.320. The van der Waals surface area contributed by atoms with Crippen LogP contribution in [0.15, 0.2) is 22.7 Å². The highest BCUT2D eigenvalue weighted by atomic mass is 79.9. The van der Waals surface area contributed by atoms with E-state index in [9.17, 15) is 0 Å². The van der Waals surface area contributed by atoms with Crippen LogP contribution >= 0.6 is 31.9 Å². The van der Waals surface area contributed by atoms with Crippen molar-refractivity contribution in [2.75, 3.05) is 5.33 Å². The van der Waals surface area contributed by atoms with Crippen LogP contribution < -0.4 is 0 Å². The third-order valence-corrected chi connectivity index (χ3v) is 1.52. The number of allylic oxidation sites excluding steroid dienone is 3. The predicted octanol–water partition coefficient (Wildman–Crippen LogP) is 3.24. The Hall–Kier alpha value is 0.440. The van der Waals surface area contributed by atoms with Crippen LogP contribution in [0.25, 0.3) is 0 Å². The minimum Gasteiger partial charge on any atom is -0.0950 e. The zero-order chi connectivity index (χ0) is 6.57. The first-order chi connectivity index (χ1) is 3.66. The van der Waals surface area contributed by atoms with Gasteiger partial charge in [-0.25, -0.2) is 0 Å². The van der Waals surface area contributed by atoms with Crippen LogP contribution in [-0.2, 0) is 0 Å². The fraction of sp³-hybridized carbons (Fsp3) is 0.333. The van der Waals surface area contributed by atoms with Gasteiger partial charge < -0.3 is 0 Å². The van der Waals surface area contributed by atoms with Crippen LogP contribution in [0.5, 0.6) is 0 Å². The lowest BCUT2D eigenvalue weighted by atomic mass is 10.3. The molecule has 0 aromatic rings. The maximum Gasteiger partial charge on any atom is 0.0277 e. The number of rotatable bonds is 2. The molecule has 46 valence electrons. The molecule has 0 radical (unpaired) electrons. The SMILES string of the molecule is C=C(/C=C(\C)Br)CBr. The Bertz CT molecular complexity index is 110. The molecular weight excluding hydrogens is 232 g/mol. The van der Waals surface area contributed by atoms with Crippen LogP contribution in [0.3, 0.4) is 0 Å². The molecule has 0 aliphatic rings. The molecule has 2 heteroatoms. The maximum atomic E-state index is 3.76. The third kappa shape index (κ3) is 4.60. The lowest BCUT2D eigenvalue weighted by Gasteiger charge is -1.89. The first kappa shape index (κ1) is 8.44. The van der Waals surface area contributed by atoms with E-state index < -0.39 is 0 Å². The highest BCUT2D eigenvalue weighted by Gasteiger charge is 1.83. The molecule has 0 bridgehead atoms. The number of halogens is 2. The fourth-order valence-corrected chi connectivity index (χ4v) is 0.805. The van der Waals surface area contributed by atoms with Gasteiger partial charge in [0.05, 0.1) is 0 Å². The summed E-state index contributed by atoms with van der Waals surface area (Å²) in [7, 11) is 0. The minimum absolute atomic E-state index is 0.843. The van der Waals surface area contributed by atoms with E-state index in [1.54, 1.807) is 0 Å². The van der Waals surface area contributed by atoms with Crippen LogP contribution in [0.4, 0.5) is 0 Å². The second kappa shape index (κ2) is 4.33. The zero-order valence-corrected chi connectivity index (χ0v) is 7.92. The summed E-state index contributed by atoms with van der Waals surface area (Å²) in [4.78, 5) is 0. The van der Waals surface area contributed by atoms with Crippen LogP contribution in [0.1, 0.15) is 6.92 Å². The van der Waals surface area contributed by atoms with Crippen LogP contribution in [-0.4, -0.2) is 5.33 Å². The molecule has 0 aromatic heterocycles. The number of hydrogen-bond acceptors (Lipinski definition) is 0. The molecule has 0 aromatic carbocycles. The van der Waals surface area contributed by atoms with E-state index in [-0.39, 0.29) is 0 Å². The lowest BCUT2D eigenvalue weighted by molar-refractivity contribution is 1.56. The summed E-state index contributed by atoms with van der Waals surface area (Å²) < 4.78 is 1.11. The molecule has 0 unspecified atom stereocenters. The summed E-state index contributed by atoms with van der Waals surface area (Å²) in [6.45, 7) is 5.74. The normalized spacial score (nSPS) is 11.6. The second-order valence-corrected chi connectivity index (χ2v) is 3.33. The molecule has 0 fully saturated rings. The minimum atomic E-state index is 0.843. The smallest absolute Gasteiger partial charge is 0.0277 e. The highest BCUT2D eigenvalue weighted by Crippen LogP contribution is 2.07. The van der Waals surface area contributed by atoms with Gasteiger partial charge in [0.1, 0.15) is 0 Å². The molecule has 0 aliphatic heterocycles. The Morgan fingerprint density at radius 1 is 1.75 bits per heavy atom. The van der Waals surface area contributed by atoms with Gasteiger partial charge >= 0.3 is 0 Å². The third-order valence-electron chi connectivity index (χ3n) is 0.575. The summed E-state index contributed by atoms with van der Waals surface area (Å²) in [5.74, 6) is 0. The van der Waals surface area contributed by atoms with Crippen molar-refractivity contribution in [3.05, 3.63) is 22.7 Å². The molecule has 0 nitrogen and oxygen atoms in total. The summed E-state index contributed by atoms with van der Waals surface area (Å²) in [6.07, 6.45) is 1.98. The van der Waals surface area contributed by atoms with Gasteiger partial charge in [0.2, 0.25) is 0 Å². The van der Waals surface area contributed by atoms with Crippen molar-refractivity contribution < 1.29 is 0 Å². The second-order valence-electron chi connectivity index (χ2n) is 1.52. The van der Waals surface area contributed by atoms with Gasteiger partial charge in [-0.15, -0.1) is 0 Å². The quantitative estimate of drug-likeness (QED) is 0.513. The molecule has 0 amide bonds. The van der Waals surface area contributed by atoms with E-state index in [1.807, 2.05) is 13.0 Å². The maximum absolute atomic E-state index is 3.76. The summed E-state index contributed by atoms with van der Waals surface area (Å²) in [6, 6.07) is 0. The van der Waals surface area contributed by atoms with E-state index >= 15 is 0 Å². The highest BCUT2D eigenvalue weighted by molar-refractivity contribution is 9.11. The van der Waals surface area contributed by atoms with Gasteiger partial charge in [-0.05, 0) is 23.1 Å². The Balaban J connectivity index is 3.70. The molecule has 0 spiro atoms. The Labute approximate surface area is 66.9 Å². The summed E-state index contributed by atoms with van der Waals surface area (Å²) >= 11 is 6.57. The first-order valence-electron chi connectivity index (χ1n) is 2.24. The molecule has 0 heterocycles. The average molecular weight is 240 g/mol. The van der Waals surface area contributed by atoms with Crippen molar-refractivity contribution >= 4 is 31.9 Å². The Morgan fingerprint density at radius 3 is 2.38 bits per heavy atom. The lowest BCUT2D eigenvalue weighted by Crippen LogP contribution is -1.73. The predicted molar refractivity (Wildman–Crippen MR) is 45.6 cm³/mol. The van der Waals surface area contributed by atoms with Crippen molar-refractivity contribution in [3.63, 3.8) is 0 Å². The summed E-state index contributed by atoms with van der Waals surface area (Å²) in [5.41, 5.74) is 1.08. The van der Waals surface area contributed by atoms with E-state index in [2.05, 4.69) is 38.4 Å². The molecular formula is C6H8Br2. The molecule has 0 saturated carbocycles. The average Bonchev–Trinajstić information content (AvgIpc) is 1.65. The summed E-state index contributed by atoms with van der Waals surface area (Å²) in [5, 5.41) is 0.843. The zero-order valence-electron chi connectivity index (χ0n) is 4.75. The molecule has 0 aliphatic carbocycles. The Kier molecular flexibility index (Phi) is 4.57. The van der Waals surface area contributed by atoms with Crippen molar-refractivity contribution in [3.8, 4) is 0 Å². The standard InChI is InChI=1S/C6H8Br2/c1-5(4-7)3-6(2)8/h3H,1,4H2,2H3/b6-3+. The van der Waals surface area contributed by atoms with Crippen molar-refractivity contribution in [2.45, 2.75) is 6.92 Å². The monoisotopic (exact) mass is 238 g/mol. The molecule has 8 heavy (non-hydrogen) atoms. The van der Waals surface area contributed by atoms with Crippen molar-refractivity contribution in [1.82, 2.24) is 0 Å². The van der Waals surface area contributed by atoms with Gasteiger partial charge in [0.15, 0.2) is 0 Å².